The number of phenolic OH excluding ortho intramolecular Hbond substituents is 1. The van der Waals surface area contributed by atoms with Crippen LogP contribution in [0.5, 0.6) is 5.75 Å². The third-order valence-corrected chi connectivity index (χ3v) is 12.2. The molecule has 15 heteroatoms. The predicted molar refractivity (Wildman–Crippen MR) is 215 cm³/mol. The normalized spacial score (nSPS) is 25.0. The van der Waals surface area contributed by atoms with Crippen LogP contribution in [0.2, 0.25) is 0 Å². The van der Waals surface area contributed by atoms with Crippen molar-refractivity contribution in [3.63, 3.8) is 0 Å². The number of carbonyl (C=O) groups excluding carboxylic acids is 6. The third kappa shape index (κ3) is 10.3. The van der Waals surface area contributed by atoms with Crippen LogP contribution in [0.4, 0.5) is 4.79 Å². The Bertz CT molecular complexity index is 1770. The Morgan fingerprint density at radius 3 is 2.05 bits per heavy atom. The second-order valence-electron chi connectivity index (χ2n) is 16.8. The SMILES string of the molecule is COC(=O)C12CC3CC(CC(C3)C1(N)C(=O)[C@H](Cc1ccccc1)NC(=O)CNC(=O)[C@@H](CCSC)NC(=O)[C@H](Cc1ccc(O)cc1)NC(=O)OC(C)(C)C)C2. The molecule has 2 aromatic rings. The van der Waals surface area contributed by atoms with Crippen LogP contribution in [0.1, 0.15) is 70.4 Å². The van der Waals surface area contributed by atoms with Gasteiger partial charge in [0.15, 0.2) is 5.78 Å². The maximum Gasteiger partial charge on any atom is 0.408 e. The summed E-state index contributed by atoms with van der Waals surface area (Å²) < 4.78 is 10.7. The van der Waals surface area contributed by atoms with Gasteiger partial charge < -0.3 is 41.6 Å². The number of alkyl carbamates (subject to hydrolysis) is 1. The number of ketones is 1. The van der Waals surface area contributed by atoms with Crippen LogP contribution in [-0.2, 0) is 46.3 Å². The summed E-state index contributed by atoms with van der Waals surface area (Å²) in [5.41, 5.74) is 5.05. The predicted octanol–water partition coefficient (Wildman–Crippen LogP) is 3.18. The molecule has 14 nitrogen and oxygen atoms in total. The Morgan fingerprint density at radius 1 is 0.842 bits per heavy atom. The van der Waals surface area contributed by atoms with Crippen molar-refractivity contribution < 1.29 is 43.3 Å². The molecule has 310 valence electrons. The molecule has 2 aromatic carbocycles. The van der Waals surface area contributed by atoms with Crippen molar-refractivity contribution in [1.82, 2.24) is 21.3 Å². The zero-order valence-electron chi connectivity index (χ0n) is 33.4. The Labute approximate surface area is 338 Å². The monoisotopic (exact) mass is 807 g/mol. The number of hydrogen-bond acceptors (Lipinski definition) is 11. The molecule has 57 heavy (non-hydrogen) atoms. The molecule has 0 aliphatic heterocycles. The molecule has 0 radical (unpaired) electrons. The molecule has 4 saturated carbocycles. The van der Waals surface area contributed by atoms with Gasteiger partial charge in [-0.05, 0) is 119 Å². The number of nitrogens with one attached hydrogen (secondary N) is 4. The zero-order chi connectivity index (χ0) is 41.5. The maximum absolute atomic E-state index is 14.8. The molecule has 0 heterocycles. The average molecular weight is 808 g/mol. The number of hydrogen-bond donors (Lipinski definition) is 6. The molecule has 0 spiro atoms. The number of amides is 4. The minimum Gasteiger partial charge on any atom is -0.508 e. The van der Waals surface area contributed by atoms with Crippen LogP contribution in [0.3, 0.4) is 0 Å². The number of phenols is 1. The summed E-state index contributed by atoms with van der Waals surface area (Å²) in [4.78, 5) is 82.2. The Balaban J connectivity index is 1.30. The molecule has 6 rings (SSSR count). The number of methoxy groups -OCH3 is 1. The molecular formula is C42H57N5O9S. The highest BCUT2D eigenvalue weighted by Gasteiger charge is 2.71. The zero-order valence-corrected chi connectivity index (χ0v) is 34.2. The van der Waals surface area contributed by atoms with Gasteiger partial charge in [0.2, 0.25) is 17.7 Å². The van der Waals surface area contributed by atoms with Crippen molar-refractivity contribution in [2.45, 2.75) is 101 Å². The third-order valence-electron chi connectivity index (χ3n) is 11.6. The summed E-state index contributed by atoms with van der Waals surface area (Å²) in [7, 11) is 1.32. The van der Waals surface area contributed by atoms with Crippen molar-refractivity contribution in [3.05, 3.63) is 65.7 Å². The van der Waals surface area contributed by atoms with Gasteiger partial charge >= 0.3 is 12.1 Å². The molecule has 7 N–H and O–H groups in total. The highest BCUT2D eigenvalue weighted by atomic mass is 32.2. The molecule has 0 aromatic heterocycles. The molecule has 6 atom stereocenters. The van der Waals surface area contributed by atoms with E-state index in [0.717, 1.165) is 24.8 Å². The number of esters is 1. The minimum absolute atomic E-state index is 0.0313. The molecule has 3 unspecified atom stereocenters. The van der Waals surface area contributed by atoms with E-state index in [4.69, 9.17) is 15.2 Å². The largest absolute Gasteiger partial charge is 0.508 e. The van der Waals surface area contributed by atoms with Crippen LogP contribution < -0.4 is 27.0 Å². The second-order valence-corrected chi connectivity index (χ2v) is 17.8. The fraction of sp³-hybridized carbons (Fsp3) is 0.571. The lowest BCUT2D eigenvalue weighted by Gasteiger charge is -2.64. The van der Waals surface area contributed by atoms with Crippen LogP contribution >= 0.6 is 11.8 Å². The molecular weight excluding hydrogens is 751 g/mol. The van der Waals surface area contributed by atoms with Gasteiger partial charge in [-0.2, -0.15) is 11.8 Å². The highest BCUT2D eigenvalue weighted by molar-refractivity contribution is 7.98. The van der Waals surface area contributed by atoms with Crippen molar-refractivity contribution >= 4 is 47.3 Å². The number of Topliss-reactive ketones (excluding diaryl/α,β-unsaturated/α-hetero) is 1. The fourth-order valence-electron chi connectivity index (χ4n) is 9.22. The van der Waals surface area contributed by atoms with Gasteiger partial charge in [0, 0.05) is 6.42 Å². The van der Waals surface area contributed by atoms with E-state index >= 15 is 0 Å². The second kappa shape index (κ2) is 18.3. The van der Waals surface area contributed by atoms with Crippen LogP contribution in [0, 0.1) is 23.2 Å². The van der Waals surface area contributed by atoms with E-state index < -0.39 is 76.8 Å². The van der Waals surface area contributed by atoms with E-state index in [-0.39, 0.29) is 42.8 Å². The summed E-state index contributed by atoms with van der Waals surface area (Å²) in [6, 6.07) is 12.0. The van der Waals surface area contributed by atoms with Crippen LogP contribution in [0.25, 0.3) is 0 Å². The Morgan fingerprint density at radius 2 is 1.46 bits per heavy atom. The standard InChI is InChI=1S/C42H57N5O9S/c1-40(2,3)56-39(54)47-33(21-26-11-13-30(48)14-12-26)37(52)46-31(15-16-57-5)36(51)44-24-34(49)45-32(20-25-9-7-6-8-10-25)35(50)42(43)29-18-27-17-28(19-29)23-41(42,22-27)38(53)55-4/h6-14,27-29,31-33,48H,15-24,43H2,1-5H3,(H,44,51)(H,45,49)(H,46,52)(H,47,54)/t27?,28?,29?,31-,32+,33+,41?,42?/m1/s1. The first-order valence-corrected chi connectivity index (χ1v) is 21.0. The van der Waals surface area contributed by atoms with Crippen molar-refractivity contribution in [3.8, 4) is 5.75 Å². The number of carbonyl (C=O) groups is 6. The average Bonchev–Trinajstić information content (AvgIpc) is 3.16. The molecule has 4 aliphatic rings. The summed E-state index contributed by atoms with van der Waals surface area (Å²) in [6.45, 7) is 4.56. The van der Waals surface area contributed by atoms with E-state index in [9.17, 15) is 33.9 Å². The van der Waals surface area contributed by atoms with Crippen LogP contribution in [0.15, 0.2) is 54.6 Å². The Hall–Kier alpha value is -4.63. The summed E-state index contributed by atoms with van der Waals surface area (Å²) in [6.07, 6.45) is 4.77. The number of ether oxygens (including phenoxy) is 2. The first-order valence-electron chi connectivity index (χ1n) is 19.6. The van der Waals surface area contributed by atoms with Gasteiger partial charge in [0.1, 0.15) is 23.4 Å². The lowest BCUT2D eigenvalue weighted by atomic mass is 9.40. The van der Waals surface area contributed by atoms with Crippen LogP contribution in [-0.4, -0.2) is 95.6 Å². The smallest absolute Gasteiger partial charge is 0.408 e. The summed E-state index contributed by atoms with van der Waals surface area (Å²) in [5.74, 6) is -2.02. The number of benzene rings is 2. The van der Waals surface area contributed by atoms with Gasteiger partial charge in [-0.1, -0.05) is 42.5 Å². The molecule has 4 fully saturated rings. The summed E-state index contributed by atoms with van der Waals surface area (Å²) in [5, 5.41) is 20.5. The van der Waals surface area contributed by atoms with Gasteiger partial charge in [0.05, 0.1) is 30.7 Å². The van der Waals surface area contributed by atoms with Gasteiger partial charge in [-0.25, -0.2) is 4.79 Å². The first kappa shape index (κ1) is 43.5. The topological polar surface area (TPSA) is 215 Å². The minimum atomic E-state index is -1.55. The Kier molecular flexibility index (Phi) is 14.0. The lowest BCUT2D eigenvalue weighted by molar-refractivity contribution is -0.189. The van der Waals surface area contributed by atoms with Crippen molar-refractivity contribution in [1.29, 1.82) is 0 Å². The highest BCUT2D eigenvalue weighted by Crippen LogP contribution is 2.64. The van der Waals surface area contributed by atoms with E-state index in [2.05, 4.69) is 21.3 Å². The van der Waals surface area contributed by atoms with Crippen molar-refractivity contribution in [2.75, 3.05) is 25.7 Å². The first-order chi connectivity index (χ1) is 27.0. The molecule has 4 amide bonds. The van der Waals surface area contributed by atoms with Gasteiger partial charge in [0.25, 0.3) is 0 Å². The molecule has 4 aliphatic carbocycles. The number of thioether (sulfide) groups is 1. The number of rotatable bonds is 17. The quantitative estimate of drug-likeness (QED) is 0.128. The summed E-state index contributed by atoms with van der Waals surface area (Å²) >= 11 is 1.46. The van der Waals surface area contributed by atoms with E-state index in [0.29, 0.717) is 24.2 Å². The lowest BCUT2D eigenvalue weighted by Crippen LogP contribution is -2.77. The van der Waals surface area contributed by atoms with E-state index in [1.807, 2.05) is 36.6 Å². The fourth-order valence-corrected chi connectivity index (χ4v) is 9.69. The maximum atomic E-state index is 14.8. The molecule has 0 saturated heterocycles. The van der Waals surface area contributed by atoms with Crippen molar-refractivity contribution in [2.24, 2.45) is 28.9 Å². The van der Waals surface area contributed by atoms with Gasteiger partial charge in [-0.15, -0.1) is 0 Å². The van der Waals surface area contributed by atoms with E-state index in [1.165, 1.54) is 31.0 Å². The molecule has 4 bridgehead atoms. The van der Waals surface area contributed by atoms with Gasteiger partial charge in [-0.3, -0.25) is 24.0 Å². The number of aromatic hydroxyl groups is 1. The van der Waals surface area contributed by atoms with E-state index in [1.54, 1.807) is 32.9 Å². The number of nitrogens with two attached hydrogens (primary N) is 1.